The Morgan fingerprint density at radius 3 is 2.74 bits per heavy atom. The molecule has 1 amide bonds. The number of halogens is 3. The zero-order valence-electron chi connectivity index (χ0n) is 29.9. The number of benzene rings is 2. The van der Waals surface area contributed by atoms with Gasteiger partial charge in [0.25, 0.3) is 0 Å². The third kappa shape index (κ3) is 6.23. The van der Waals surface area contributed by atoms with Crippen molar-refractivity contribution in [2.24, 2.45) is 0 Å². The van der Waals surface area contributed by atoms with Gasteiger partial charge in [-0.05, 0) is 56.6 Å². The molecule has 2 aromatic carbocycles. The van der Waals surface area contributed by atoms with Gasteiger partial charge in [0.1, 0.15) is 29.5 Å². The third-order valence-electron chi connectivity index (χ3n) is 12.1. The molecule has 7 heterocycles. The van der Waals surface area contributed by atoms with E-state index in [0.29, 0.717) is 66.4 Å². The second kappa shape index (κ2) is 14.3. The lowest BCUT2D eigenvalue weighted by molar-refractivity contribution is -0.128. The molecule has 2 bridgehead atoms. The van der Waals surface area contributed by atoms with Gasteiger partial charge in [-0.25, -0.2) is 8.78 Å². The average molecular weight is 755 g/mol. The fourth-order valence-corrected chi connectivity index (χ4v) is 9.66. The van der Waals surface area contributed by atoms with E-state index in [1.54, 1.807) is 35.2 Å². The number of rotatable bonds is 9. The van der Waals surface area contributed by atoms with Crippen LogP contribution in [0.1, 0.15) is 38.5 Å². The number of hydrogen-bond donors (Lipinski definition) is 0. The molecule has 0 saturated carbocycles. The maximum atomic E-state index is 17.0. The number of ether oxygens (including phenoxy) is 2. The fourth-order valence-electron chi connectivity index (χ4n) is 9.39. The summed E-state index contributed by atoms with van der Waals surface area (Å²) in [5, 5.41) is 11.1. The Hall–Kier alpha value is -4.48. The zero-order chi connectivity index (χ0) is 37.0. The smallest absolute Gasteiger partial charge is 0.319 e. The predicted molar refractivity (Wildman–Crippen MR) is 200 cm³/mol. The minimum atomic E-state index is -0.708. The number of likely N-dealkylation sites (tertiary alicyclic amines) is 1. The summed E-state index contributed by atoms with van der Waals surface area (Å²) in [6, 6.07) is 10.4. The summed E-state index contributed by atoms with van der Waals surface area (Å²) < 4.78 is 43.7. The zero-order valence-corrected chi connectivity index (χ0v) is 30.6. The van der Waals surface area contributed by atoms with Crippen molar-refractivity contribution in [3.05, 3.63) is 65.3 Å². The number of nitrogens with zero attached hydrogens (tertiary/aromatic N) is 8. The number of anilines is 1. The Morgan fingerprint density at radius 2 is 1.96 bits per heavy atom. The number of morpholine rings is 1. The van der Waals surface area contributed by atoms with Crippen LogP contribution in [0.25, 0.3) is 32.9 Å². The van der Waals surface area contributed by atoms with E-state index in [0.717, 1.165) is 58.3 Å². The van der Waals surface area contributed by atoms with Gasteiger partial charge in [0.15, 0.2) is 5.82 Å². The standard InChI is InChI=1S/C40H41ClF2N8O3/c41-34-31(42)9-8-25-5-1-6-29(33(25)34)36-35(43)37-30(20-45-36)38(47-39(46-37)54-24-40-11-3-15-50(40)16-4-12-40)49-17-18-51(26(21-49)10-13-44)32(52)7-2-14-48-22-28-19-27(48)23-53-28/h1-2,5-9,20,26-28H,3-4,10-12,14-19,21-24H2/b7-2+/t26-,27-,28-/m0/s1. The summed E-state index contributed by atoms with van der Waals surface area (Å²) in [7, 11) is 0. The number of hydrogen-bond acceptors (Lipinski definition) is 10. The van der Waals surface area contributed by atoms with Crippen LogP contribution in [-0.4, -0.2) is 118 Å². The third-order valence-corrected chi connectivity index (χ3v) is 12.5. The van der Waals surface area contributed by atoms with Crippen LogP contribution in [0.3, 0.4) is 0 Å². The highest BCUT2D eigenvalue weighted by Gasteiger charge is 2.45. The largest absolute Gasteiger partial charge is 0.461 e. The molecule has 11 nitrogen and oxygen atoms in total. The maximum Gasteiger partial charge on any atom is 0.319 e. The molecule has 54 heavy (non-hydrogen) atoms. The first-order valence-corrected chi connectivity index (χ1v) is 19.3. The van der Waals surface area contributed by atoms with Crippen LogP contribution < -0.4 is 9.64 Å². The van der Waals surface area contributed by atoms with Gasteiger partial charge < -0.3 is 19.3 Å². The highest BCUT2D eigenvalue weighted by atomic mass is 35.5. The van der Waals surface area contributed by atoms with Crippen molar-refractivity contribution in [3.63, 3.8) is 0 Å². The van der Waals surface area contributed by atoms with Gasteiger partial charge in [-0.2, -0.15) is 15.2 Å². The van der Waals surface area contributed by atoms with Crippen molar-refractivity contribution in [2.75, 3.05) is 63.9 Å². The first-order valence-electron chi connectivity index (χ1n) is 18.9. The van der Waals surface area contributed by atoms with E-state index >= 15 is 4.39 Å². The molecule has 0 spiro atoms. The normalized spacial score (nSPS) is 23.9. The van der Waals surface area contributed by atoms with Crippen LogP contribution >= 0.6 is 11.6 Å². The van der Waals surface area contributed by atoms with Gasteiger partial charge in [-0.15, -0.1) is 0 Å². The molecule has 14 heteroatoms. The summed E-state index contributed by atoms with van der Waals surface area (Å²) in [6.45, 7) is 5.75. The molecule has 5 saturated heterocycles. The number of nitriles is 1. The average Bonchev–Trinajstić information content (AvgIpc) is 3.99. The molecule has 2 aromatic heterocycles. The Bertz CT molecular complexity index is 2190. The SMILES string of the molecule is N#CC[C@H]1CN(c2nc(OCC34CCCN3CCC4)nc3c(F)c(-c4cccc5ccc(F)c(Cl)c45)ncc23)CCN1C(=O)/C=C/CN1C[C@@H]2C[C@H]1CO2. The number of piperazine rings is 1. The van der Waals surface area contributed by atoms with Crippen molar-refractivity contribution in [3.8, 4) is 23.3 Å². The Kier molecular flexibility index (Phi) is 9.33. The van der Waals surface area contributed by atoms with E-state index < -0.39 is 17.7 Å². The Balaban J connectivity index is 1.05. The van der Waals surface area contributed by atoms with Gasteiger partial charge in [0, 0.05) is 62.0 Å². The lowest BCUT2D eigenvalue weighted by Gasteiger charge is -2.41. The number of amides is 1. The molecule has 5 aliphatic heterocycles. The van der Waals surface area contributed by atoms with E-state index in [1.807, 2.05) is 11.0 Å². The van der Waals surface area contributed by atoms with Gasteiger partial charge in [-0.1, -0.05) is 41.9 Å². The number of aromatic nitrogens is 3. The quantitative estimate of drug-likeness (QED) is 0.196. The lowest BCUT2D eigenvalue weighted by Crippen LogP contribution is -2.55. The van der Waals surface area contributed by atoms with Crippen molar-refractivity contribution < 1.29 is 23.0 Å². The van der Waals surface area contributed by atoms with Crippen LogP contribution in [0.15, 0.2) is 48.7 Å². The van der Waals surface area contributed by atoms with E-state index in [9.17, 15) is 14.4 Å². The molecule has 9 rings (SSSR count). The Morgan fingerprint density at radius 1 is 1.11 bits per heavy atom. The van der Waals surface area contributed by atoms with E-state index in [-0.39, 0.29) is 46.2 Å². The van der Waals surface area contributed by atoms with Crippen molar-refractivity contribution in [1.29, 1.82) is 5.26 Å². The summed E-state index contributed by atoms with van der Waals surface area (Å²) in [4.78, 5) is 36.1. The van der Waals surface area contributed by atoms with Crippen molar-refractivity contribution in [2.45, 2.75) is 62.3 Å². The lowest BCUT2D eigenvalue weighted by atomic mass is 9.95. The van der Waals surface area contributed by atoms with Crippen LogP contribution in [0.2, 0.25) is 5.02 Å². The maximum absolute atomic E-state index is 17.0. The van der Waals surface area contributed by atoms with Gasteiger partial charge in [0.05, 0.1) is 47.2 Å². The molecule has 5 aliphatic rings. The summed E-state index contributed by atoms with van der Waals surface area (Å²) in [5.74, 6) is -1.05. The molecule has 280 valence electrons. The first-order chi connectivity index (χ1) is 26.3. The van der Waals surface area contributed by atoms with E-state index in [2.05, 4.69) is 25.8 Å². The van der Waals surface area contributed by atoms with Gasteiger partial charge in [0.2, 0.25) is 5.91 Å². The molecule has 3 atom stereocenters. The van der Waals surface area contributed by atoms with Crippen LogP contribution in [-0.2, 0) is 9.53 Å². The summed E-state index contributed by atoms with van der Waals surface area (Å²) in [6.07, 6.45) is 10.7. The molecule has 0 unspecified atom stereocenters. The minimum absolute atomic E-state index is 0.0102. The highest BCUT2D eigenvalue weighted by molar-refractivity contribution is 6.36. The molecule has 0 N–H and O–H groups in total. The number of fused-ring (bicyclic) bond motifs is 5. The molecule has 5 fully saturated rings. The second-order valence-electron chi connectivity index (χ2n) is 15.2. The minimum Gasteiger partial charge on any atom is -0.461 e. The van der Waals surface area contributed by atoms with Crippen LogP contribution in [0, 0.1) is 23.0 Å². The molecule has 0 radical (unpaired) electrons. The molecule has 4 aromatic rings. The topological polar surface area (TPSA) is 111 Å². The van der Waals surface area contributed by atoms with E-state index in [1.165, 1.54) is 12.3 Å². The molecular formula is C40H41ClF2N8O3. The number of carbonyl (C=O) groups excluding carboxylic acids is 1. The predicted octanol–water partition coefficient (Wildman–Crippen LogP) is 5.74. The summed E-state index contributed by atoms with van der Waals surface area (Å²) >= 11 is 6.45. The van der Waals surface area contributed by atoms with Crippen molar-refractivity contribution >= 4 is 45.0 Å². The van der Waals surface area contributed by atoms with E-state index in [4.69, 9.17) is 26.1 Å². The molecule has 0 aliphatic carbocycles. The van der Waals surface area contributed by atoms with Crippen molar-refractivity contribution in [1.82, 2.24) is 29.7 Å². The first kappa shape index (κ1) is 35.2. The molecular weight excluding hydrogens is 714 g/mol. The van der Waals surface area contributed by atoms with Gasteiger partial charge in [-0.3, -0.25) is 19.6 Å². The fraction of sp³-hybridized carbons (Fsp3) is 0.475. The second-order valence-corrected chi connectivity index (χ2v) is 15.6. The number of pyridine rings is 1. The monoisotopic (exact) mass is 754 g/mol. The van der Waals surface area contributed by atoms with Gasteiger partial charge >= 0.3 is 6.01 Å². The summed E-state index contributed by atoms with van der Waals surface area (Å²) in [5.41, 5.74) is 0.233. The Labute approximate surface area is 317 Å². The van der Waals surface area contributed by atoms with Crippen LogP contribution in [0.5, 0.6) is 6.01 Å². The number of carbonyl (C=O) groups is 1. The van der Waals surface area contributed by atoms with Crippen LogP contribution in [0.4, 0.5) is 14.6 Å². The highest BCUT2D eigenvalue weighted by Crippen LogP contribution is 2.41.